The summed E-state index contributed by atoms with van der Waals surface area (Å²) in [5.41, 5.74) is 4.55. The van der Waals surface area contributed by atoms with Crippen LogP contribution in [0, 0.1) is 31.1 Å². The van der Waals surface area contributed by atoms with Gasteiger partial charge in [0.25, 0.3) is 0 Å². The molecule has 3 rings (SSSR count). The molecule has 1 aliphatic rings. The maximum Gasteiger partial charge on any atom is 0.145 e. The minimum atomic E-state index is 0.536. The van der Waals surface area contributed by atoms with Crippen molar-refractivity contribution in [1.82, 2.24) is 14.9 Å². The first-order valence-electron chi connectivity index (χ1n) is 8.27. The van der Waals surface area contributed by atoms with Gasteiger partial charge in [0, 0.05) is 31.1 Å². The number of aromatic nitrogens is 2. The molecule has 0 aliphatic carbocycles. The number of rotatable bonds is 5. The van der Waals surface area contributed by atoms with Gasteiger partial charge in [-0.15, -0.1) is 11.3 Å². The fraction of sp³-hybridized carbons (Fsp3) is 0.500. The second-order valence-corrected chi connectivity index (χ2v) is 7.54. The van der Waals surface area contributed by atoms with E-state index in [-0.39, 0.29) is 0 Å². The Hall–Kier alpha value is -1.97. The largest absolute Gasteiger partial charge is 0.356 e. The van der Waals surface area contributed by atoms with Crippen LogP contribution in [0.4, 0.5) is 5.82 Å². The zero-order valence-corrected chi connectivity index (χ0v) is 15.3. The van der Waals surface area contributed by atoms with Gasteiger partial charge in [-0.05, 0) is 44.9 Å². The lowest BCUT2D eigenvalue weighted by Crippen LogP contribution is -2.28. The molecule has 1 atom stereocenters. The molecule has 6 heteroatoms. The van der Waals surface area contributed by atoms with E-state index in [9.17, 15) is 0 Å². The van der Waals surface area contributed by atoms with Crippen molar-refractivity contribution in [2.45, 2.75) is 26.8 Å². The highest BCUT2D eigenvalue weighted by Crippen LogP contribution is 2.24. The van der Waals surface area contributed by atoms with Crippen LogP contribution in [0.15, 0.2) is 17.6 Å². The van der Waals surface area contributed by atoms with E-state index in [0.29, 0.717) is 11.6 Å². The maximum absolute atomic E-state index is 9.16. The van der Waals surface area contributed by atoms with E-state index in [4.69, 9.17) is 5.26 Å². The van der Waals surface area contributed by atoms with Crippen LogP contribution in [0.3, 0.4) is 0 Å². The summed E-state index contributed by atoms with van der Waals surface area (Å²) < 4.78 is 0. The molecule has 0 bridgehead atoms. The van der Waals surface area contributed by atoms with Gasteiger partial charge < -0.3 is 9.80 Å². The molecule has 1 aliphatic heterocycles. The van der Waals surface area contributed by atoms with Crippen molar-refractivity contribution in [3.8, 4) is 6.07 Å². The van der Waals surface area contributed by atoms with E-state index in [1.54, 1.807) is 11.3 Å². The molecule has 0 amide bonds. The van der Waals surface area contributed by atoms with Crippen molar-refractivity contribution in [2.75, 3.05) is 31.6 Å². The van der Waals surface area contributed by atoms with Gasteiger partial charge in [0.1, 0.15) is 17.6 Å². The average molecular weight is 341 g/mol. The predicted molar refractivity (Wildman–Crippen MR) is 97.2 cm³/mol. The molecule has 24 heavy (non-hydrogen) atoms. The second kappa shape index (κ2) is 7.29. The fourth-order valence-corrected chi connectivity index (χ4v) is 4.08. The summed E-state index contributed by atoms with van der Waals surface area (Å²) in [5.74, 6) is 1.57. The Morgan fingerprint density at radius 2 is 2.25 bits per heavy atom. The van der Waals surface area contributed by atoms with E-state index >= 15 is 0 Å². The smallest absolute Gasteiger partial charge is 0.145 e. The Bertz CT molecular complexity index is 748. The van der Waals surface area contributed by atoms with Gasteiger partial charge >= 0.3 is 0 Å². The Balaban J connectivity index is 1.57. The van der Waals surface area contributed by atoms with Crippen molar-refractivity contribution >= 4 is 17.2 Å². The summed E-state index contributed by atoms with van der Waals surface area (Å²) >= 11 is 1.73. The molecule has 0 saturated carbocycles. The Morgan fingerprint density at radius 1 is 1.42 bits per heavy atom. The highest BCUT2D eigenvalue weighted by molar-refractivity contribution is 7.09. The topological polar surface area (TPSA) is 56.1 Å². The molecule has 3 heterocycles. The van der Waals surface area contributed by atoms with E-state index in [1.807, 2.05) is 24.6 Å². The SMILES string of the molecule is Cc1ccc(N2CCC(CN(C)Cc3scnc3C)C2)nc1C#N. The molecule has 2 aromatic rings. The number of aryl methyl sites for hydroxylation is 2. The van der Waals surface area contributed by atoms with Gasteiger partial charge in [-0.25, -0.2) is 9.97 Å². The van der Waals surface area contributed by atoms with Crippen molar-refractivity contribution in [3.63, 3.8) is 0 Å². The van der Waals surface area contributed by atoms with Gasteiger partial charge in [-0.2, -0.15) is 5.26 Å². The Labute approximate surface area is 147 Å². The number of nitriles is 1. The molecule has 2 aromatic heterocycles. The first-order chi connectivity index (χ1) is 11.6. The van der Waals surface area contributed by atoms with Crippen LogP contribution in [-0.4, -0.2) is 41.5 Å². The number of thiazole rings is 1. The van der Waals surface area contributed by atoms with Gasteiger partial charge in [-0.3, -0.25) is 0 Å². The number of hydrogen-bond donors (Lipinski definition) is 0. The maximum atomic E-state index is 9.16. The predicted octanol–water partition coefficient (Wildman–Crippen LogP) is 2.98. The number of hydrogen-bond acceptors (Lipinski definition) is 6. The van der Waals surface area contributed by atoms with E-state index in [1.165, 1.54) is 11.3 Å². The van der Waals surface area contributed by atoms with Crippen LogP contribution in [0.5, 0.6) is 0 Å². The minimum Gasteiger partial charge on any atom is -0.356 e. The van der Waals surface area contributed by atoms with Crippen LogP contribution in [-0.2, 0) is 6.54 Å². The third kappa shape index (κ3) is 3.74. The number of pyridine rings is 1. The van der Waals surface area contributed by atoms with Gasteiger partial charge in [0.05, 0.1) is 11.2 Å². The molecule has 5 nitrogen and oxygen atoms in total. The molecular formula is C18H23N5S. The van der Waals surface area contributed by atoms with Crippen molar-refractivity contribution in [3.05, 3.63) is 39.5 Å². The standard InChI is InChI=1S/C18H23N5S/c1-13-4-5-18(21-16(13)8-19)23-7-6-15(10-23)9-22(3)11-17-14(2)20-12-24-17/h4-5,12,15H,6-7,9-11H2,1-3H3. The van der Waals surface area contributed by atoms with Gasteiger partial charge in [0.15, 0.2) is 0 Å². The zero-order valence-electron chi connectivity index (χ0n) is 14.5. The second-order valence-electron chi connectivity index (χ2n) is 6.61. The lowest BCUT2D eigenvalue weighted by atomic mass is 10.1. The summed E-state index contributed by atoms with van der Waals surface area (Å²) in [4.78, 5) is 14.9. The monoisotopic (exact) mass is 341 g/mol. The highest BCUT2D eigenvalue weighted by atomic mass is 32.1. The molecule has 0 spiro atoms. The van der Waals surface area contributed by atoms with Crippen LogP contribution >= 0.6 is 11.3 Å². The van der Waals surface area contributed by atoms with Crippen LogP contribution in [0.25, 0.3) is 0 Å². The first-order valence-corrected chi connectivity index (χ1v) is 9.15. The quantitative estimate of drug-likeness (QED) is 0.837. The van der Waals surface area contributed by atoms with E-state index < -0.39 is 0 Å². The highest BCUT2D eigenvalue weighted by Gasteiger charge is 2.25. The van der Waals surface area contributed by atoms with E-state index in [0.717, 1.165) is 43.3 Å². The molecular weight excluding hydrogens is 318 g/mol. The molecule has 1 fully saturated rings. The molecule has 1 saturated heterocycles. The molecule has 0 aromatic carbocycles. The normalized spacial score (nSPS) is 17.5. The minimum absolute atomic E-state index is 0.536. The summed E-state index contributed by atoms with van der Waals surface area (Å²) in [5, 5.41) is 9.16. The molecule has 1 unspecified atom stereocenters. The molecule has 126 valence electrons. The van der Waals surface area contributed by atoms with Crippen LogP contribution in [0.1, 0.15) is 28.2 Å². The third-order valence-corrected chi connectivity index (χ3v) is 5.55. The lowest BCUT2D eigenvalue weighted by molar-refractivity contribution is 0.281. The van der Waals surface area contributed by atoms with Crippen molar-refractivity contribution in [2.24, 2.45) is 5.92 Å². The summed E-state index contributed by atoms with van der Waals surface area (Å²) in [6.07, 6.45) is 1.17. The number of anilines is 1. The van der Waals surface area contributed by atoms with Gasteiger partial charge in [-0.1, -0.05) is 6.07 Å². The third-order valence-electron chi connectivity index (χ3n) is 4.63. The fourth-order valence-electron chi connectivity index (χ4n) is 3.23. The summed E-state index contributed by atoms with van der Waals surface area (Å²) in [7, 11) is 2.18. The van der Waals surface area contributed by atoms with Crippen LogP contribution in [0.2, 0.25) is 0 Å². The zero-order chi connectivity index (χ0) is 17.1. The summed E-state index contributed by atoms with van der Waals surface area (Å²) in [6.45, 7) is 8.07. The van der Waals surface area contributed by atoms with E-state index in [2.05, 4.69) is 39.8 Å². The molecule has 0 N–H and O–H groups in total. The number of nitrogens with zero attached hydrogens (tertiary/aromatic N) is 5. The van der Waals surface area contributed by atoms with Gasteiger partial charge in [0.2, 0.25) is 0 Å². The van der Waals surface area contributed by atoms with Crippen molar-refractivity contribution < 1.29 is 0 Å². The average Bonchev–Trinajstić information content (AvgIpc) is 3.18. The van der Waals surface area contributed by atoms with Crippen LogP contribution < -0.4 is 4.90 Å². The molecule has 0 radical (unpaired) electrons. The first kappa shape index (κ1) is 16.9. The Morgan fingerprint density at radius 3 is 2.96 bits per heavy atom. The van der Waals surface area contributed by atoms with Crippen molar-refractivity contribution in [1.29, 1.82) is 5.26 Å². The Kier molecular flexibility index (Phi) is 5.12. The lowest BCUT2D eigenvalue weighted by Gasteiger charge is -2.22. The summed E-state index contributed by atoms with van der Waals surface area (Å²) in [6, 6.07) is 6.21.